The summed E-state index contributed by atoms with van der Waals surface area (Å²) in [6.45, 7) is 0.579. The van der Waals surface area contributed by atoms with Gasteiger partial charge in [-0.15, -0.1) is 11.6 Å². The summed E-state index contributed by atoms with van der Waals surface area (Å²) in [6, 6.07) is 9.30. The van der Waals surface area contributed by atoms with E-state index in [4.69, 9.17) is 11.6 Å². The minimum absolute atomic E-state index is 0.123. The highest BCUT2D eigenvalue weighted by molar-refractivity contribution is 6.19. The smallest absolute Gasteiger partial charge is 0.214 e. The van der Waals surface area contributed by atoms with E-state index in [9.17, 15) is 9.90 Å². The zero-order valence-electron chi connectivity index (χ0n) is 9.64. The number of anilines is 1. The first-order valence-corrected chi connectivity index (χ1v) is 6.32. The van der Waals surface area contributed by atoms with Crippen LogP contribution in [0.1, 0.15) is 11.5 Å². The maximum Gasteiger partial charge on any atom is 0.214 e. The van der Waals surface area contributed by atoms with Crippen LogP contribution in [0.4, 0.5) is 5.69 Å². The topological polar surface area (TPSA) is 40.5 Å². The van der Waals surface area contributed by atoms with E-state index in [1.807, 2.05) is 24.3 Å². The summed E-state index contributed by atoms with van der Waals surface area (Å²) in [5.74, 6) is 0.787. The molecule has 0 saturated heterocycles. The Morgan fingerprint density at radius 3 is 2.78 bits per heavy atom. The van der Waals surface area contributed by atoms with Crippen LogP contribution in [0, 0.1) is 0 Å². The molecule has 2 aromatic rings. The second kappa shape index (κ2) is 4.18. The highest BCUT2D eigenvalue weighted by Gasteiger charge is 2.30. The molecule has 1 heterocycles. The molecule has 1 aliphatic heterocycles. The fourth-order valence-corrected chi connectivity index (χ4v) is 2.94. The fraction of sp³-hybridized carbons (Fsp3) is 0.214. The van der Waals surface area contributed by atoms with Crippen molar-refractivity contribution in [1.82, 2.24) is 0 Å². The number of carbonyl (C=O) groups excluding carboxylic acids is 1. The SMILES string of the molecule is O=CN1CC(CCl)c2c1cc(O)c1ccccc21. The maximum absolute atomic E-state index is 11.1. The van der Waals surface area contributed by atoms with Gasteiger partial charge in [0.2, 0.25) is 6.41 Å². The van der Waals surface area contributed by atoms with Gasteiger partial charge in [0.15, 0.2) is 0 Å². The third-order valence-electron chi connectivity index (χ3n) is 3.49. The number of phenolic OH excluding ortho intramolecular Hbond substituents is 1. The number of hydrogen-bond donors (Lipinski definition) is 1. The summed E-state index contributed by atoms with van der Waals surface area (Å²) >= 11 is 5.99. The van der Waals surface area contributed by atoms with E-state index in [2.05, 4.69) is 0 Å². The summed E-state index contributed by atoms with van der Waals surface area (Å²) in [6.07, 6.45) is 0.791. The highest BCUT2D eigenvalue weighted by Crippen LogP contribution is 2.44. The number of amides is 1. The van der Waals surface area contributed by atoms with Crippen LogP contribution in [0.25, 0.3) is 10.8 Å². The number of aromatic hydroxyl groups is 1. The zero-order valence-corrected chi connectivity index (χ0v) is 10.4. The molecule has 1 unspecified atom stereocenters. The lowest BCUT2D eigenvalue weighted by atomic mass is 9.95. The molecule has 18 heavy (non-hydrogen) atoms. The molecule has 0 bridgehead atoms. The van der Waals surface area contributed by atoms with Crippen molar-refractivity contribution in [3.8, 4) is 5.75 Å². The summed E-state index contributed by atoms with van der Waals surface area (Å²) in [7, 11) is 0. The lowest BCUT2D eigenvalue weighted by Gasteiger charge is -2.12. The van der Waals surface area contributed by atoms with Gasteiger partial charge in [0.05, 0.1) is 5.69 Å². The van der Waals surface area contributed by atoms with Crippen LogP contribution in [0.15, 0.2) is 30.3 Å². The summed E-state index contributed by atoms with van der Waals surface area (Å²) in [5, 5.41) is 11.8. The molecule has 4 heteroatoms. The Labute approximate surface area is 110 Å². The monoisotopic (exact) mass is 261 g/mol. The van der Waals surface area contributed by atoms with Gasteiger partial charge in [-0.2, -0.15) is 0 Å². The van der Waals surface area contributed by atoms with Crippen LogP contribution in [0.5, 0.6) is 5.75 Å². The Kier molecular flexibility index (Phi) is 2.63. The normalized spacial score (nSPS) is 18.1. The number of benzene rings is 2. The van der Waals surface area contributed by atoms with E-state index >= 15 is 0 Å². The van der Waals surface area contributed by atoms with Crippen molar-refractivity contribution in [2.45, 2.75) is 5.92 Å². The number of hydrogen-bond acceptors (Lipinski definition) is 2. The van der Waals surface area contributed by atoms with E-state index < -0.39 is 0 Å². The molecule has 1 atom stereocenters. The van der Waals surface area contributed by atoms with E-state index in [0.717, 1.165) is 28.4 Å². The number of carbonyl (C=O) groups is 1. The first-order chi connectivity index (χ1) is 8.76. The lowest BCUT2D eigenvalue weighted by Crippen LogP contribution is -2.19. The van der Waals surface area contributed by atoms with Gasteiger partial charge in [0.25, 0.3) is 0 Å². The second-order valence-electron chi connectivity index (χ2n) is 4.48. The van der Waals surface area contributed by atoms with Crippen molar-refractivity contribution >= 4 is 34.5 Å². The molecule has 0 aliphatic carbocycles. The van der Waals surface area contributed by atoms with Crippen molar-refractivity contribution in [2.75, 3.05) is 17.3 Å². The maximum atomic E-state index is 11.1. The van der Waals surface area contributed by atoms with Crippen LogP contribution in [-0.2, 0) is 4.79 Å². The average molecular weight is 262 g/mol. The zero-order chi connectivity index (χ0) is 12.7. The Morgan fingerprint density at radius 2 is 2.11 bits per heavy atom. The molecule has 1 N–H and O–H groups in total. The van der Waals surface area contributed by atoms with Crippen molar-refractivity contribution in [3.05, 3.63) is 35.9 Å². The molecule has 1 aliphatic rings. The summed E-state index contributed by atoms with van der Waals surface area (Å²) in [4.78, 5) is 12.7. The van der Waals surface area contributed by atoms with Crippen LogP contribution in [0.3, 0.4) is 0 Å². The second-order valence-corrected chi connectivity index (χ2v) is 4.79. The molecular formula is C14H12ClNO2. The molecule has 0 radical (unpaired) electrons. The summed E-state index contributed by atoms with van der Waals surface area (Å²) < 4.78 is 0. The average Bonchev–Trinajstić information content (AvgIpc) is 2.77. The third kappa shape index (κ3) is 1.47. The van der Waals surface area contributed by atoms with Crippen molar-refractivity contribution in [3.63, 3.8) is 0 Å². The van der Waals surface area contributed by atoms with E-state index in [1.54, 1.807) is 11.0 Å². The number of fused-ring (bicyclic) bond motifs is 3. The minimum Gasteiger partial charge on any atom is -0.507 e. The Hall–Kier alpha value is -1.74. The van der Waals surface area contributed by atoms with Gasteiger partial charge in [0, 0.05) is 29.8 Å². The predicted molar refractivity (Wildman–Crippen MR) is 72.5 cm³/mol. The van der Waals surface area contributed by atoms with Crippen LogP contribution in [-0.4, -0.2) is 23.9 Å². The molecule has 0 saturated carbocycles. The quantitative estimate of drug-likeness (QED) is 0.667. The predicted octanol–water partition coefficient (Wildman–Crippen LogP) is 2.84. The molecule has 0 spiro atoms. The largest absolute Gasteiger partial charge is 0.507 e. The van der Waals surface area contributed by atoms with Gasteiger partial charge in [-0.05, 0) is 10.9 Å². The molecule has 92 valence electrons. The highest BCUT2D eigenvalue weighted by atomic mass is 35.5. The Morgan fingerprint density at radius 1 is 1.39 bits per heavy atom. The van der Waals surface area contributed by atoms with Crippen molar-refractivity contribution in [2.24, 2.45) is 0 Å². The van der Waals surface area contributed by atoms with Gasteiger partial charge in [0.1, 0.15) is 5.75 Å². The molecule has 1 amide bonds. The van der Waals surface area contributed by atoms with Gasteiger partial charge < -0.3 is 10.0 Å². The number of rotatable bonds is 2. The number of phenols is 1. The third-order valence-corrected chi connectivity index (χ3v) is 3.86. The van der Waals surface area contributed by atoms with E-state index in [1.165, 1.54) is 0 Å². The summed E-state index contributed by atoms with van der Waals surface area (Å²) in [5.41, 5.74) is 1.83. The molecular weight excluding hydrogens is 250 g/mol. The van der Waals surface area contributed by atoms with Crippen molar-refractivity contribution in [1.29, 1.82) is 0 Å². The lowest BCUT2D eigenvalue weighted by molar-refractivity contribution is -0.107. The van der Waals surface area contributed by atoms with Crippen LogP contribution >= 0.6 is 11.6 Å². The molecule has 3 rings (SSSR count). The van der Waals surface area contributed by atoms with Crippen molar-refractivity contribution < 1.29 is 9.90 Å². The number of halogens is 1. The number of nitrogens with zero attached hydrogens (tertiary/aromatic N) is 1. The van der Waals surface area contributed by atoms with Crippen LogP contribution < -0.4 is 4.90 Å². The van der Waals surface area contributed by atoms with E-state index in [-0.39, 0.29) is 11.7 Å². The van der Waals surface area contributed by atoms with Crippen LogP contribution in [0.2, 0.25) is 0 Å². The molecule has 2 aromatic carbocycles. The van der Waals surface area contributed by atoms with Gasteiger partial charge in [-0.1, -0.05) is 24.3 Å². The molecule has 3 nitrogen and oxygen atoms in total. The standard InChI is InChI=1S/C14H12ClNO2/c15-6-9-7-16(8-17)12-5-13(18)10-3-1-2-4-11(10)14(9)12/h1-5,8-9,18H,6-7H2. The first kappa shape index (κ1) is 11.4. The first-order valence-electron chi connectivity index (χ1n) is 5.78. The van der Waals surface area contributed by atoms with E-state index in [0.29, 0.717) is 12.4 Å². The number of alkyl halides is 1. The Bertz CT molecular complexity index is 626. The van der Waals surface area contributed by atoms with Gasteiger partial charge in [-0.3, -0.25) is 4.79 Å². The van der Waals surface area contributed by atoms with Gasteiger partial charge in [-0.25, -0.2) is 0 Å². The minimum atomic E-state index is 0.123. The van der Waals surface area contributed by atoms with Gasteiger partial charge >= 0.3 is 0 Å². The molecule has 0 fully saturated rings. The Balaban J connectivity index is 2.36. The fourth-order valence-electron chi connectivity index (χ4n) is 2.68. The molecule has 0 aromatic heterocycles.